The van der Waals surface area contributed by atoms with E-state index in [4.69, 9.17) is 0 Å². The van der Waals surface area contributed by atoms with Crippen molar-refractivity contribution in [2.75, 3.05) is 0 Å². The van der Waals surface area contributed by atoms with Crippen molar-refractivity contribution in [3.8, 4) is 0 Å². The Labute approximate surface area is 195 Å². The summed E-state index contributed by atoms with van der Waals surface area (Å²) in [5, 5.41) is 0. The standard InChI is InChI=1S/C32H40/c1-29-11-5-3-7-27(29)17-25-21-31(13-9-23(25)19-29)15-16-32(31)14-10-24-20-30(2)12-6-4-8-28(30)18-26(24)22-32/h3-4,7-8,17-18,21-24H,5-6,9-16,19-20H2,1-2H3/t23-,24?,29?,30-,31?,32?/m1/s1. The summed E-state index contributed by atoms with van der Waals surface area (Å²) in [5.74, 6) is 1.62. The van der Waals surface area contributed by atoms with Crippen LogP contribution in [0.25, 0.3) is 0 Å². The first-order valence-corrected chi connectivity index (χ1v) is 13.7. The molecule has 0 aromatic rings. The van der Waals surface area contributed by atoms with Crippen molar-refractivity contribution in [1.82, 2.24) is 0 Å². The zero-order chi connectivity index (χ0) is 21.6. The highest BCUT2D eigenvalue weighted by atomic mass is 14.6. The van der Waals surface area contributed by atoms with Crippen molar-refractivity contribution in [2.45, 2.75) is 90.9 Å². The summed E-state index contributed by atoms with van der Waals surface area (Å²) < 4.78 is 0. The minimum atomic E-state index is 0.438. The average Bonchev–Trinajstić information content (AvgIpc) is 2.79. The highest BCUT2D eigenvalue weighted by Gasteiger charge is 2.59. The molecule has 0 saturated heterocycles. The number of hydrogen-bond donors (Lipinski definition) is 0. The number of rotatable bonds is 0. The molecule has 0 aromatic carbocycles. The van der Waals surface area contributed by atoms with E-state index in [2.05, 4.69) is 62.5 Å². The highest BCUT2D eigenvalue weighted by molar-refractivity contribution is 5.47. The van der Waals surface area contributed by atoms with Crippen molar-refractivity contribution < 1.29 is 0 Å². The molecule has 0 heterocycles. The van der Waals surface area contributed by atoms with Gasteiger partial charge in [-0.3, -0.25) is 0 Å². The molecule has 0 radical (unpaired) electrons. The SMILES string of the molecule is CC12CCC=CC1=CC1=CC3(CC[C@@H]1C2)CCC31C=C2C=C3C=CCC[C@]3(C)CC2CC1. The molecule has 0 bridgehead atoms. The maximum absolute atomic E-state index is 2.83. The Hall–Kier alpha value is -1.56. The molecule has 4 unspecified atom stereocenters. The third kappa shape index (κ3) is 2.62. The summed E-state index contributed by atoms with van der Waals surface area (Å²) in [6.45, 7) is 5.06. The van der Waals surface area contributed by atoms with Crippen LogP contribution in [0.15, 0.2) is 70.9 Å². The monoisotopic (exact) mass is 424 g/mol. The van der Waals surface area contributed by atoms with Gasteiger partial charge in [-0.05, 0) is 133 Å². The van der Waals surface area contributed by atoms with Gasteiger partial charge in [-0.15, -0.1) is 0 Å². The first kappa shape index (κ1) is 19.9. The summed E-state index contributed by atoms with van der Waals surface area (Å²) in [7, 11) is 0. The van der Waals surface area contributed by atoms with Crippen LogP contribution < -0.4 is 0 Å². The second-order valence-corrected chi connectivity index (χ2v) is 13.2. The number of hydrogen-bond acceptors (Lipinski definition) is 0. The molecule has 6 atom stereocenters. The van der Waals surface area contributed by atoms with E-state index in [1.165, 1.54) is 77.0 Å². The van der Waals surface area contributed by atoms with Gasteiger partial charge in [0.15, 0.2) is 0 Å². The van der Waals surface area contributed by atoms with E-state index in [1.807, 2.05) is 0 Å². The molecule has 168 valence electrons. The zero-order valence-corrected chi connectivity index (χ0v) is 20.3. The third-order valence-electron chi connectivity index (χ3n) is 11.5. The van der Waals surface area contributed by atoms with Crippen LogP contribution in [0.1, 0.15) is 90.9 Å². The fourth-order valence-electron chi connectivity index (χ4n) is 9.17. The van der Waals surface area contributed by atoms with E-state index in [9.17, 15) is 0 Å². The molecule has 2 spiro atoms. The molecule has 1 saturated carbocycles. The summed E-state index contributed by atoms with van der Waals surface area (Å²) in [4.78, 5) is 0. The van der Waals surface area contributed by atoms with Gasteiger partial charge in [0.2, 0.25) is 0 Å². The highest BCUT2D eigenvalue weighted by Crippen LogP contribution is 2.69. The summed E-state index contributed by atoms with van der Waals surface area (Å²) in [6, 6.07) is 0. The van der Waals surface area contributed by atoms with Gasteiger partial charge in [0, 0.05) is 0 Å². The Morgan fingerprint density at radius 3 is 1.53 bits per heavy atom. The topological polar surface area (TPSA) is 0 Å². The first-order valence-electron chi connectivity index (χ1n) is 13.7. The molecule has 0 nitrogen and oxygen atoms in total. The summed E-state index contributed by atoms with van der Waals surface area (Å²) >= 11 is 0. The van der Waals surface area contributed by atoms with Crippen LogP contribution >= 0.6 is 0 Å². The molecule has 7 aliphatic rings. The molecule has 0 N–H and O–H groups in total. The van der Waals surface area contributed by atoms with Crippen molar-refractivity contribution in [3.05, 3.63) is 70.9 Å². The van der Waals surface area contributed by atoms with Crippen LogP contribution in [0.3, 0.4) is 0 Å². The lowest BCUT2D eigenvalue weighted by Crippen LogP contribution is -2.53. The van der Waals surface area contributed by atoms with Gasteiger partial charge in [0.05, 0.1) is 0 Å². The molecule has 0 aliphatic heterocycles. The van der Waals surface area contributed by atoms with Gasteiger partial charge in [-0.2, -0.15) is 0 Å². The van der Waals surface area contributed by atoms with Crippen molar-refractivity contribution in [1.29, 1.82) is 0 Å². The minimum Gasteiger partial charge on any atom is -0.0842 e. The Balaban J connectivity index is 1.27. The molecular formula is C32H40. The van der Waals surface area contributed by atoms with Crippen LogP contribution in [0.5, 0.6) is 0 Å². The Bertz CT molecular complexity index is 958. The lowest BCUT2D eigenvalue weighted by Gasteiger charge is -2.63. The average molecular weight is 425 g/mol. The zero-order valence-electron chi connectivity index (χ0n) is 20.3. The maximum atomic E-state index is 2.83. The summed E-state index contributed by atoms with van der Waals surface area (Å²) in [5.41, 5.74) is 8.43. The van der Waals surface area contributed by atoms with E-state index >= 15 is 0 Å². The van der Waals surface area contributed by atoms with Crippen LogP contribution in [0, 0.1) is 33.5 Å². The molecule has 0 amide bonds. The van der Waals surface area contributed by atoms with Gasteiger partial charge < -0.3 is 0 Å². The molecule has 1 fully saturated rings. The van der Waals surface area contributed by atoms with Crippen molar-refractivity contribution in [3.63, 3.8) is 0 Å². The van der Waals surface area contributed by atoms with Crippen molar-refractivity contribution >= 4 is 0 Å². The van der Waals surface area contributed by atoms with Crippen LogP contribution in [-0.4, -0.2) is 0 Å². The van der Waals surface area contributed by atoms with Gasteiger partial charge in [-0.25, -0.2) is 0 Å². The fraction of sp³-hybridized carbons (Fsp3) is 0.625. The maximum Gasteiger partial charge on any atom is -0.00206 e. The second-order valence-electron chi connectivity index (χ2n) is 13.2. The van der Waals surface area contributed by atoms with E-state index in [0.717, 1.165) is 11.8 Å². The largest absolute Gasteiger partial charge is 0.0842 e. The van der Waals surface area contributed by atoms with Crippen LogP contribution in [0.2, 0.25) is 0 Å². The van der Waals surface area contributed by atoms with E-state index in [-0.39, 0.29) is 0 Å². The number of fused-ring (bicyclic) bond motifs is 5. The van der Waals surface area contributed by atoms with Gasteiger partial charge in [-0.1, -0.05) is 62.5 Å². The molecule has 7 aliphatic carbocycles. The van der Waals surface area contributed by atoms with Gasteiger partial charge in [0.25, 0.3) is 0 Å². The van der Waals surface area contributed by atoms with E-state index in [0.29, 0.717) is 21.7 Å². The number of allylic oxidation sites excluding steroid dienone is 12. The molecular weight excluding hydrogens is 384 g/mol. The van der Waals surface area contributed by atoms with E-state index < -0.39 is 0 Å². The minimum absolute atomic E-state index is 0.438. The lowest BCUT2D eigenvalue weighted by molar-refractivity contribution is -0.0337. The first-order chi connectivity index (χ1) is 15.4. The lowest BCUT2D eigenvalue weighted by atomic mass is 9.41. The fourth-order valence-corrected chi connectivity index (χ4v) is 9.17. The van der Waals surface area contributed by atoms with E-state index in [1.54, 1.807) is 22.3 Å². The molecule has 0 heteroatoms. The predicted octanol–water partition coefficient (Wildman–Crippen LogP) is 8.80. The summed E-state index contributed by atoms with van der Waals surface area (Å²) in [6.07, 6.45) is 37.2. The van der Waals surface area contributed by atoms with Crippen LogP contribution in [0.4, 0.5) is 0 Å². The molecule has 32 heavy (non-hydrogen) atoms. The third-order valence-corrected chi connectivity index (χ3v) is 11.5. The predicted molar refractivity (Wildman–Crippen MR) is 134 cm³/mol. The quantitative estimate of drug-likeness (QED) is 0.364. The van der Waals surface area contributed by atoms with Gasteiger partial charge >= 0.3 is 0 Å². The van der Waals surface area contributed by atoms with Crippen molar-refractivity contribution in [2.24, 2.45) is 33.5 Å². The van der Waals surface area contributed by atoms with Crippen LogP contribution in [-0.2, 0) is 0 Å². The Morgan fingerprint density at radius 1 is 0.625 bits per heavy atom. The second kappa shape index (κ2) is 6.52. The normalized spacial score (nSPS) is 48.4. The molecule has 7 rings (SSSR count). The molecule has 0 aromatic heterocycles. The Kier molecular flexibility index (Phi) is 4.05. The van der Waals surface area contributed by atoms with Gasteiger partial charge in [0.1, 0.15) is 0 Å². The smallest absolute Gasteiger partial charge is 0.00206 e. The Morgan fingerprint density at radius 2 is 1.09 bits per heavy atom.